The largest absolute Gasteiger partial charge is 0.461 e. The van der Waals surface area contributed by atoms with Crippen molar-refractivity contribution in [3.63, 3.8) is 0 Å². The molecule has 1 aromatic rings. The number of hydrogen-bond donors (Lipinski definition) is 0. The fourth-order valence-corrected chi connectivity index (χ4v) is 3.07. The van der Waals surface area contributed by atoms with Crippen LogP contribution in [0, 0.1) is 5.92 Å². The number of carbonyl (C=O) groups is 2. The highest BCUT2D eigenvalue weighted by Crippen LogP contribution is 2.32. The highest BCUT2D eigenvalue weighted by molar-refractivity contribution is 9.08. The van der Waals surface area contributed by atoms with Crippen molar-refractivity contribution in [1.82, 2.24) is 0 Å². The van der Waals surface area contributed by atoms with Crippen molar-refractivity contribution in [3.05, 3.63) is 29.8 Å². The predicted molar refractivity (Wildman–Crippen MR) is 94.3 cm³/mol. The Bertz CT molecular complexity index is 602. The molecule has 2 rings (SSSR count). The third-order valence-corrected chi connectivity index (χ3v) is 4.78. The Balaban J connectivity index is 2.24. The van der Waals surface area contributed by atoms with Gasteiger partial charge in [-0.3, -0.25) is 9.59 Å². The van der Waals surface area contributed by atoms with E-state index in [9.17, 15) is 9.59 Å². The molecule has 1 aliphatic rings. The van der Waals surface area contributed by atoms with Crippen molar-refractivity contribution in [2.75, 3.05) is 0 Å². The van der Waals surface area contributed by atoms with Gasteiger partial charge in [0, 0.05) is 25.1 Å². The van der Waals surface area contributed by atoms with Crippen LogP contribution in [0.3, 0.4) is 0 Å². The summed E-state index contributed by atoms with van der Waals surface area (Å²) in [6.07, 6.45) is -2.59. The minimum absolute atomic E-state index is 0.149. The molecule has 1 heterocycles. The normalized spacial score (nSPS) is 28.9. The summed E-state index contributed by atoms with van der Waals surface area (Å²) in [6, 6.07) is 7.47. The summed E-state index contributed by atoms with van der Waals surface area (Å²) in [4.78, 5) is 23.0. The van der Waals surface area contributed by atoms with Crippen molar-refractivity contribution >= 4 is 27.9 Å². The average molecular weight is 415 g/mol. The number of esters is 2. The van der Waals surface area contributed by atoms with E-state index in [-0.39, 0.29) is 12.0 Å². The fraction of sp³-hybridized carbons (Fsp3) is 0.556. The smallest absolute Gasteiger partial charge is 0.303 e. The van der Waals surface area contributed by atoms with Crippen molar-refractivity contribution < 1.29 is 28.5 Å². The minimum atomic E-state index is -0.866. The number of halogens is 1. The molecule has 6 nitrogen and oxygen atoms in total. The van der Waals surface area contributed by atoms with Crippen LogP contribution in [-0.4, -0.2) is 36.5 Å². The lowest BCUT2D eigenvalue weighted by Crippen LogP contribution is -2.57. The number of benzene rings is 1. The van der Waals surface area contributed by atoms with Gasteiger partial charge in [0.15, 0.2) is 0 Å². The Morgan fingerprint density at radius 2 is 1.60 bits per heavy atom. The van der Waals surface area contributed by atoms with Gasteiger partial charge in [-0.1, -0.05) is 35.0 Å². The zero-order valence-electron chi connectivity index (χ0n) is 14.7. The molecule has 1 aliphatic heterocycles. The molecular weight excluding hydrogens is 392 g/mol. The molecule has 0 spiro atoms. The second-order valence-corrected chi connectivity index (χ2v) is 6.67. The Kier molecular flexibility index (Phi) is 6.84. The van der Waals surface area contributed by atoms with Gasteiger partial charge in [0.1, 0.15) is 11.9 Å². The average Bonchev–Trinajstić information content (AvgIpc) is 2.55. The molecule has 1 fully saturated rings. The second-order valence-electron chi connectivity index (χ2n) is 6.11. The van der Waals surface area contributed by atoms with Crippen LogP contribution in [0.25, 0.3) is 0 Å². The highest BCUT2D eigenvalue weighted by Gasteiger charge is 2.47. The summed E-state index contributed by atoms with van der Waals surface area (Å²) in [5.41, 5.74) is 1.10. The van der Waals surface area contributed by atoms with Crippen LogP contribution in [0.15, 0.2) is 24.3 Å². The number of carbonyl (C=O) groups excluding carboxylic acids is 2. The van der Waals surface area contributed by atoms with E-state index in [1.165, 1.54) is 13.8 Å². The first-order chi connectivity index (χ1) is 11.8. The van der Waals surface area contributed by atoms with Crippen molar-refractivity contribution in [2.45, 2.75) is 57.6 Å². The first-order valence-corrected chi connectivity index (χ1v) is 9.25. The molecule has 0 aliphatic carbocycles. The molecule has 0 N–H and O–H groups in total. The summed E-state index contributed by atoms with van der Waals surface area (Å²) in [7, 11) is 0. The van der Waals surface area contributed by atoms with Crippen LogP contribution in [0.1, 0.15) is 33.3 Å². The lowest BCUT2D eigenvalue weighted by Gasteiger charge is -2.42. The van der Waals surface area contributed by atoms with Crippen molar-refractivity contribution in [3.8, 4) is 5.75 Å². The Hall–Kier alpha value is -1.60. The van der Waals surface area contributed by atoms with Crippen LogP contribution in [0.4, 0.5) is 0 Å². The summed E-state index contributed by atoms with van der Waals surface area (Å²) in [5, 5.41) is 0.742. The van der Waals surface area contributed by atoms with Gasteiger partial charge in [-0.2, -0.15) is 0 Å². The monoisotopic (exact) mass is 414 g/mol. The predicted octanol–water partition coefficient (Wildman–Crippen LogP) is 3.20. The molecule has 0 radical (unpaired) electrons. The lowest BCUT2D eigenvalue weighted by atomic mass is 9.91. The number of hydrogen-bond acceptors (Lipinski definition) is 6. The van der Waals surface area contributed by atoms with Crippen LogP contribution < -0.4 is 4.74 Å². The van der Waals surface area contributed by atoms with Crippen LogP contribution in [0.5, 0.6) is 5.75 Å². The summed E-state index contributed by atoms with van der Waals surface area (Å²) >= 11 is 3.39. The van der Waals surface area contributed by atoms with Gasteiger partial charge in [-0.05, 0) is 24.6 Å². The Labute approximate surface area is 155 Å². The Morgan fingerprint density at radius 1 is 1.04 bits per heavy atom. The van der Waals surface area contributed by atoms with E-state index in [2.05, 4.69) is 15.9 Å². The van der Waals surface area contributed by atoms with E-state index < -0.39 is 30.4 Å². The topological polar surface area (TPSA) is 71.1 Å². The van der Waals surface area contributed by atoms with Crippen LogP contribution >= 0.6 is 15.9 Å². The maximum absolute atomic E-state index is 11.5. The van der Waals surface area contributed by atoms with Gasteiger partial charge in [-0.15, -0.1) is 0 Å². The molecule has 0 bridgehead atoms. The molecule has 0 aromatic heterocycles. The van der Waals surface area contributed by atoms with Gasteiger partial charge in [0.2, 0.25) is 12.4 Å². The van der Waals surface area contributed by atoms with E-state index in [1.807, 2.05) is 38.1 Å². The zero-order valence-corrected chi connectivity index (χ0v) is 16.3. The highest BCUT2D eigenvalue weighted by atomic mass is 79.9. The molecule has 0 unspecified atom stereocenters. The maximum Gasteiger partial charge on any atom is 0.303 e. The van der Waals surface area contributed by atoms with Crippen LogP contribution in [-0.2, 0) is 29.1 Å². The Morgan fingerprint density at radius 3 is 2.12 bits per heavy atom. The minimum Gasteiger partial charge on any atom is -0.461 e. The quantitative estimate of drug-likeness (QED) is 0.544. The number of ether oxygens (including phenoxy) is 4. The third-order valence-electron chi connectivity index (χ3n) is 4.13. The van der Waals surface area contributed by atoms with Gasteiger partial charge in [-0.25, -0.2) is 0 Å². The molecule has 7 heteroatoms. The molecule has 138 valence electrons. The number of rotatable bonds is 5. The van der Waals surface area contributed by atoms with Crippen LogP contribution in [0.2, 0.25) is 0 Å². The van der Waals surface area contributed by atoms with E-state index in [4.69, 9.17) is 18.9 Å². The number of alkyl halides is 1. The second kappa shape index (κ2) is 8.67. The molecule has 0 saturated carbocycles. The van der Waals surface area contributed by atoms with Gasteiger partial charge in [0.05, 0.1) is 6.10 Å². The first-order valence-electron chi connectivity index (χ1n) is 8.13. The van der Waals surface area contributed by atoms with Crippen molar-refractivity contribution in [2.24, 2.45) is 5.92 Å². The third kappa shape index (κ3) is 5.19. The van der Waals surface area contributed by atoms with Gasteiger partial charge >= 0.3 is 11.9 Å². The molecule has 1 saturated heterocycles. The van der Waals surface area contributed by atoms with E-state index in [1.54, 1.807) is 0 Å². The standard InChI is InChI=1S/C18H23BrO6/c1-10-11(2)22-18(25-15-7-5-14(9-19)6-8-15)17(24-13(4)21)16(10)23-12(3)20/h5-8,10-11,16-18H,9H2,1-4H3/t10-,11+,16-,17+,18+/m1/s1. The van der Waals surface area contributed by atoms with E-state index >= 15 is 0 Å². The molecule has 5 atom stereocenters. The molecular formula is C18H23BrO6. The SMILES string of the molecule is CC(=O)O[C@@H]1[C@H](Oc2ccc(CBr)cc2)O[C@@H](C)[C@@H](C)[C@H]1OC(C)=O. The lowest BCUT2D eigenvalue weighted by molar-refractivity contribution is -0.263. The first kappa shape index (κ1) is 19.7. The van der Waals surface area contributed by atoms with E-state index in [0.29, 0.717) is 5.75 Å². The summed E-state index contributed by atoms with van der Waals surface area (Å²) in [6.45, 7) is 6.38. The summed E-state index contributed by atoms with van der Waals surface area (Å²) in [5.74, 6) is -0.502. The summed E-state index contributed by atoms with van der Waals surface area (Å²) < 4.78 is 22.6. The zero-order chi connectivity index (χ0) is 18.6. The molecule has 25 heavy (non-hydrogen) atoms. The van der Waals surface area contributed by atoms with E-state index in [0.717, 1.165) is 10.9 Å². The van der Waals surface area contributed by atoms with Gasteiger partial charge < -0.3 is 18.9 Å². The fourth-order valence-electron chi connectivity index (χ4n) is 2.70. The van der Waals surface area contributed by atoms with Crippen molar-refractivity contribution in [1.29, 1.82) is 0 Å². The maximum atomic E-state index is 11.5. The van der Waals surface area contributed by atoms with Gasteiger partial charge in [0.25, 0.3) is 0 Å². The molecule has 1 aromatic carbocycles. The molecule has 0 amide bonds.